The van der Waals surface area contributed by atoms with Crippen LogP contribution in [0.1, 0.15) is 43.0 Å². The molecule has 0 spiro atoms. The number of carbonyl (C=O) groups excluding carboxylic acids is 1. The number of thiophene rings is 1. The lowest BCUT2D eigenvalue weighted by molar-refractivity contribution is -0.128. The standard InChI is InChI=1S/C21H26N6OS2/c1-3-15-6-7-17-16(12-15)13-18(30-17)20-24-25-21(26(20)2)29-14-19(28)27(10-4-8-22)11-5-9-23/h13,15H,3-7,10-12,14H2,1-2H3. The van der Waals surface area contributed by atoms with Crippen LogP contribution in [0.4, 0.5) is 0 Å². The first-order chi connectivity index (χ1) is 14.6. The van der Waals surface area contributed by atoms with Crippen molar-refractivity contribution in [1.82, 2.24) is 19.7 Å². The molecule has 0 saturated heterocycles. The largest absolute Gasteiger partial charge is 0.340 e. The number of thioether (sulfide) groups is 1. The SMILES string of the molecule is CCC1CCc2sc(-c3nnc(SCC(=O)N(CCC#N)CCC#N)n3C)cc2C1. The predicted molar refractivity (Wildman–Crippen MR) is 118 cm³/mol. The summed E-state index contributed by atoms with van der Waals surface area (Å²) in [6.07, 6.45) is 5.31. The van der Waals surface area contributed by atoms with Gasteiger partial charge in [0.05, 0.1) is 35.6 Å². The molecule has 30 heavy (non-hydrogen) atoms. The van der Waals surface area contributed by atoms with Crippen LogP contribution < -0.4 is 0 Å². The van der Waals surface area contributed by atoms with Crippen LogP contribution in [0, 0.1) is 28.6 Å². The number of rotatable bonds is 9. The molecule has 1 aliphatic rings. The Kier molecular flexibility index (Phi) is 7.89. The average Bonchev–Trinajstić information content (AvgIpc) is 3.34. The quantitative estimate of drug-likeness (QED) is 0.548. The lowest BCUT2D eigenvalue weighted by Crippen LogP contribution is -2.34. The zero-order valence-electron chi connectivity index (χ0n) is 17.4. The molecule has 3 rings (SSSR count). The minimum absolute atomic E-state index is 0.0905. The Morgan fingerprint density at radius 3 is 2.73 bits per heavy atom. The van der Waals surface area contributed by atoms with Gasteiger partial charge in [-0.3, -0.25) is 4.79 Å². The highest BCUT2D eigenvalue weighted by Crippen LogP contribution is 2.38. The molecule has 1 atom stereocenters. The summed E-state index contributed by atoms with van der Waals surface area (Å²) in [7, 11) is 1.93. The zero-order valence-corrected chi connectivity index (χ0v) is 19.1. The average molecular weight is 443 g/mol. The van der Waals surface area contributed by atoms with Gasteiger partial charge >= 0.3 is 0 Å². The van der Waals surface area contributed by atoms with E-state index in [1.165, 1.54) is 35.0 Å². The van der Waals surface area contributed by atoms with Crippen molar-refractivity contribution in [2.45, 2.75) is 50.6 Å². The van der Waals surface area contributed by atoms with E-state index in [9.17, 15) is 4.79 Å². The van der Waals surface area contributed by atoms with E-state index in [0.717, 1.165) is 29.5 Å². The maximum atomic E-state index is 12.5. The molecule has 2 heterocycles. The van der Waals surface area contributed by atoms with Gasteiger partial charge in [-0.2, -0.15) is 10.5 Å². The maximum absolute atomic E-state index is 12.5. The second-order valence-electron chi connectivity index (χ2n) is 7.43. The summed E-state index contributed by atoms with van der Waals surface area (Å²) in [4.78, 5) is 16.7. The van der Waals surface area contributed by atoms with Gasteiger partial charge in [0.1, 0.15) is 0 Å². The molecule has 158 valence electrons. The first-order valence-electron chi connectivity index (χ1n) is 10.2. The van der Waals surface area contributed by atoms with Gasteiger partial charge in [-0.25, -0.2) is 0 Å². The number of hydrogen-bond donors (Lipinski definition) is 0. The van der Waals surface area contributed by atoms with E-state index in [2.05, 4.69) is 35.3 Å². The molecular formula is C21H26N6OS2. The number of hydrogen-bond acceptors (Lipinski definition) is 7. The summed E-state index contributed by atoms with van der Waals surface area (Å²) < 4.78 is 1.95. The van der Waals surface area contributed by atoms with Gasteiger partial charge in [0.2, 0.25) is 5.91 Å². The Morgan fingerprint density at radius 2 is 2.07 bits per heavy atom. The molecule has 0 N–H and O–H groups in total. The highest BCUT2D eigenvalue weighted by Gasteiger charge is 2.23. The van der Waals surface area contributed by atoms with Crippen LogP contribution in [0.25, 0.3) is 10.7 Å². The number of nitrogens with zero attached hydrogens (tertiary/aromatic N) is 6. The third-order valence-corrected chi connectivity index (χ3v) is 7.72. The molecule has 0 saturated carbocycles. The number of aromatic nitrogens is 3. The third-order valence-electron chi connectivity index (χ3n) is 5.48. The van der Waals surface area contributed by atoms with Crippen LogP contribution in [0.2, 0.25) is 0 Å². The fourth-order valence-electron chi connectivity index (χ4n) is 3.66. The summed E-state index contributed by atoms with van der Waals surface area (Å²) in [5.41, 5.74) is 1.45. The number of amides is 1. The lowest BCUT2D eigenvalue weighted by Gasteiger charge is -2.19. The Balaban J connectivity index is 1.66. The van der Waals surface area contributed by atoms with Gasteiger partial charge in [-0.1, -0.05) is 25.1 Å². The summed E-state index contributed by atoms with van der Waals surface area (Å²) in [5, 5.41) is 26.9. The van der Waals surface area contributed by atoms with E-state index in [1.807, 2.05) is 11.6 Å². The minimum atomic E-state index is -0.0905. The molecule has 2 aromatic rings. The highest BCUT2D eigenvalue weighted by atomic mass is 32.2. The summed E-state index contributed by atoms with van der Waals surface area (Å²) in [6.45, 7) is 2.96. The third kappa shape index (κ3) is 5.21. The summed E-state index contributed by atoms with van der Waals surface area (Å²) >= 11 is 3.15. The van der Waals surface area contributed by atoms with Crippen LogP contribution in [0.15, 0.2) is 11.2 Å². The summed E-state index contributed by atoms with van der Waals surface area (Å²) in [5.74, 6) is 1.74. The van der Waals surface area contributed by atoms with Gasteiger partial charge in [0.15, 0.2) is 11.0 Å². The molecule has 9 heteroatoms. The second kappa shape index (κ2) is 10.6. The molecule has 0 fully saturated rings. The maximum Gasteiger partial charge on any atom is 0.233 e. The van der Waals surface area contributed by atoms with Crippen LogP contribution in [-0.4, -0.2) is 44.4 Å². The molecule has 2 aromatic heterocycles. The fourth-order valence-corrected chi connectivity index (χ4v) is 5.70. The Morgan fingerprint density at radius 1 is 1.33 bits per heavy atom. The first kappa shape index (κ1) is 22.3. The number of fused-ring (bicyclic) bond motifs is 1. The first-order valence-corrected chi connectivity index (χ1v) is 12.0. The van der Waals surface area contributed by atoms with Crippen LogP contribution in [0.5, 0.6) is 0 Å². The highest BCUT2D eigenvalue weighted by molar-refractivity contribution is 7.99. The molecule has 0 aromatic carbocycles. The van der Waals surface area contributed by atoms with Crippen LogP contribution >= 0.6 is 23.1 Å². The van der Waals surface area contributed by atoms with Crippen molar-refractivity contribution in [2.75, 3.05) is 18.8 Å². The Hall–Kier alpha value is -2.36. The zero-order chi connectivity index (χ0) is 21.5. The van der Waals surface area contributed by atoms with Crippen molar-refractivity contribution in [1.29, 1.82) is 10.5 Å². The van der Waals surface area contributed by atoms with Crippen molar-refractivity contribution < 1.29 is 4.79 Å². The predicted octanol–water partition coefficient (Wildman–Crippen LogP) is 3.81. The summed E-state index contributed by atoms with van der Waals surface area (Å²) in [6, 6.07) is 6.36. The Bertz CT molecular complexity index is 949. The van der Waals surface area contributed by atoms with E-state index in [-0.39, 0.29) is 24.5 Å². The number of aryl methyl sites for hydroxylation is 1. The molecule has 1 amide bonds. The van der Waals surface area contributed by atoms with Crippen LogP contribution in [0.3, 0.4) is 0 Å². The van der Waals surface area contributed by atoms with E-state index in [0.29, 0.717) is 18.2 Å². The molecule has 0 radical (unpaired) electrons. The van der Waals surface area contributed by atoms with Crippen molar-refractivity contribution in [3.8, 4) is 22.8 Å². The van der Waals surface area contributed by atoms with Gasteiger partial charge < -0.3 is 9.47 Å². The van der Waals surface area contributed by atoms with Crippen molar-refractivity contribution in [3.63, 3.8) is 0 Å². The monoisotopic (exact) mass is 442 g/mol. The smallest absolute Gasteiger partial charge is 0.233 e. The normalized spacial score (nSPS) is 15.3. The van der Waals surface area contributed by atoms with Crippen molar-refractivity contribution in [2.24, 2.45) is 13.0 Å². The second-order valence-corrected chi connectivity index (χ2v) is 9.51. The molecule has 0 aliphatic heterocycles. The topological polar surface area (TPSA) is 98.6 Å². The van der Waals surface area contributed by atoms with Crippen molar-refractivity contribution in [3.05, 3.63) is 16.5 Å². The van der Waals surface area contributed by atoms with E-state index < -0.39 is 0 Å². The number of carbonyl (C=O) groups is 1. The number of nitriles is 2. The van der Waals surface area contributed by atoms with Gasteiger partial charge in [-0.05, 0) is 36.8 Å². The Labute approximate surface area is 185 Å². The minimum Gasteiger partial charge on any atom is -0.340 e. The van der Waals surface area contributed by atoms with Gasteiger partial charge in [0.25, 0.3) is 0 Å². The van der Waals surface area contributed by atoms with E-state index in [1.54, 1.807) is 16.2 Å². The van der Waals surface area contributed by atoms with Crippen molar-refractivity contribution >= 4 is 29.0 Å². The van der Waals surface area contributed by atoms with E-state index in [4.69, 9.17) is 10.5 Å². The molecule has 1 unspecified atom stereocenters. The molecule has 1 aliphatic carbocycles. The molecule has 7 nitrogen and oxygen atoms in total. The van der Waals surface area contributed by atoms with Gasteiger partial charge in [0, 0.05) is 25.0 Å². The van der Waals surface area contributed by atoms with Crippen LogP contribution in [-0.2, 0) is 24.7 Å². The van der Waals surface area contributed by atoms with Gasteiger partial charge in [-0.15, -0.1) is 21.5 Å². The lowest BCUT2D eigenvalue weighted by atomic mass is 9.87. The molecule has 0 bridgehead atoms. The van der Waals surface area contributed by atoms with E-state index >= 15 is 0 Å². The fraction of sp³-hybridized carbons (Fsp3) is 0.571. The molecular weight excluding hydrogens is 416 g/mol.